The van der Waals surface area contributed by atoms with Gasteiger partial charge in [0.1, 0.15) is 0 Å². The van der Waals surface area contributed by atoms with E-state index in [1.165, 1.54) is 12.0 Å². The molecule has 0 saturated carbocycles. The number of ether oxygens (including phenoxy) is 1. The molecule has 5 nitrogen and oxygen atoms in total. The third kappa shape index (κ3) is 3.00. The SMILES string of the molecule is COC(=O)c1cc(C)cc(C)c1NC(=O)N(C)C. The number of methoxy groups -OCH3 is 1. The molecule has 0 aliphatic carbocycles. The van der Waals surface area contributed by atoms with E-state index in [1.54, 1.807) is 20.2 Å². The molecule has 0 aliphatic rings. The van der Waals surface area contributed by atoms with Gasteiger partial charge in [0.25, 0.3) is 0 Å². The summed E-state index contributed by atoms with van der Waals surface area (Å²) < 4.78 is 4.73. The average Bonchev–Trinajstić information content (AvgIpc) is 2.30. The van der Waals surface area contributed by atoms with Crippen LogP contribution in [0.1, 0.15) is 21.5 Å². The molecule has 1 aromatic rings. The Hall–Kier alpha value is -2.04. The number of aryl methyl sites for hydroxylation is 2. The van der Waals surface area contributed by atoms with Crippen molar-refractivity contribution in [2.24, 2.45) is 0 Å². The van der Waals surface area contributed by atoms with Gasteiger partial charge in [-0.05, 0) is 31.0 Å². The maximum Gasteiger partial charge on any atom is 0.339 e. The van der Waals surface area contributed by atoms with Crippen LogP contribution in [-0.2, 0) is 4.74 Å². The number of hydrogen-bond donors (Lipinski definition) is 1. The summed E-state index contributed by atoms with van der Waals surface area (Å²) in [7, 11) is 4.59. The van der Waals surface area contributed by atoms with E-state index >= 15 is 0 Å². The normalized spacial score (nSPS) is 9.83. The summed E-state index contributed by atoms with van der Waals surface area (Å²) in [4.78, 5) is 24.8. The summed E-state index contributed by atoms with van der Waals surface area (Å²) in [5.41, 5.74) is 2.62. The van der Waals surface area contributed by atoms with Crippen LogP contribution in [0.5, 0.6) is 0 Å². The zero-order valence-electron chi connectivity index (χ0n) is 11.3. The molecule has 98 valence electrons. The predicted molar refractivity (Wildman–Crippen MR) is 70.0 cm³/mol. The predicted octanol–water partition coefficient (Wildman–Crippen LogP) is 2.18. The Bertz CT molecular complexity index is 481. The standard InChI is InChI=1S/C13H18N2O3/c1-8-6-9(2)11(14-13(17)15(3)4)10(7-8)12(16)18-5/h6-7H,1-5H3,(H,14,17). The number of nitrogens with one attached hydrogen (secondary N) is 1. The van der Waals surface area contributed by atoms with Gasteiger partial charge < -0.3 is 15.0 Å². The number of anilines is 1. The molecule has 0 aromatic heterocycles. The molecule has 0 bridgehead atoms. The zero-order valence-corrected chi connectivity index (χ0v) is 11.3. The van der Waals surface area contributed by atoms with Crippen LogP contribution >= 0.6 is 0 Å². The summed E-state index contributed by atoms with van der Waals surface area (Å²) in [6, 6.07) is 3.31. The Morgan fingerprint density at radius 3 is 2.33 bits per heavy atom. The lowest BCUT2D eigenvalue weighted by Crippen LogP contribution is -2.28. The van der Waals surface area contributed by atoms with Crippen LogP contribution in [-0.4, -0.2) is 38.1 Å². The summed E-state index contributed by atoms with van der Waals surface area (Å²) in [6.45, 7) is 3.72. The van der Waals surface area contributed by atoms with Crippen molar-refractivity contribution in [3.8, 4) is 0 Å². The number of hydrogen-bond acceptors (Lipinski definition) is 3. The van der Waals surface area contributed by atoms with E-state index < -0.39 is 5.97 Å². The number of carbonyl (C=O) groups is 2. The molecule has 0 atom stereocenters. The highest BCUT2D eigenvalue weighted by atomic mass is 16.5. The molecule has 5 heteroatoms. The number of urea groups is 1. The van der Waals surface area contributed by atoms with Crippen molar-refractivity contribution >= 4 is 17.7 Å². The van der Waals surface area contributed by atoms with Crippen LogP contribution in [0, 0.1) is 13.8 Å². The number of benzene rings is 1. The van der Waals surface area contributed by atoms with E-state index in [4.69, 9.17) is 4.74 Å². The third-order valence-electron chi connectivity index (χ3n) is 2.52. The van der Waals surface area contributed by atoms with Gasteiger partial charge in [0.2, 0.25) is 0 Å². The van der Waals surface area contributed by atoms with Crippen molar-refractivity contribution < 1.29 is 14.3 Å². The fraction of sp³-hybridized carbons (Fsp3) is 0.385. The Morgan fingerprint density at radius 1 is 1.22 bits per heavy atom. The van der Waals surface area contributed by atoms with E-state index in [0.717, 1.165) is 11.1 Å². The highest BCUT2D eigenvalue weighted by molar-refractivity contribution is 6.01. The third-order valence-corrected chi connectivity index (χ3v) is 2.52. The van der Waals surface area contributed by atoms with Gasteiger partial charge in [0, 0.05) is 14.1 Å². The van der Waals surface area contributed by atoms with E-state index in [1.807, 2.05) is 19.9 Å². The molecule has 0 radical (unpaired) electrons. The Labute approximate surface area is 107 Å². The highest BCUT2D eigenvalue weighted by Gasteiger charge is 2.17. The molecule has 1 N–H and O–H groups in total. The average molecular weight is 250 g/mol. The molecule has 1 aromatic carbocycles. The monoisotopic (exact) mass is 250 g/mol. The van der Waals surface area contributed by atoms with Crippen molar-refractivity contribution in [1.29, 1.82) is 0 Å². The van der Waals surface area contributed by atoms with Crippen molar-refractivity contribution in [1.82, 2.24) is 4.90 Å². The fourth-order valence-electron chi connectivity index (χ4n) is 1.62. The first-order valence-electron chi connectivity index (χ1n) is 5.54. The number of carbonyl (C=O) groups excluding carboxylic acids is 2. The molecular formula is C13H18N2O3. The van der Waals surface area contributed by atoms with Gasteiger partial charge in [-0.2, -0.15) is 0 Å². The van der Waals surface area contributed by atoms with Crippen LogP contribution in [0.15, 0.2) is 12.1 Å². The van der Waals surface area contributed by atoms with Crippen molar-refractivity contribution in [2.45, 2.75) is 13.8 Å². The molecular weight excluding hydrogens is 232 g/mol. The van der Waals surface area contributed by atoms with E-state index in [2.05, 4.69) is 5.32 Å². The topological polar surface area (TPSA) is 58.6 Å². The number of amides is 2. The van der Waals surface area contributed by atoms with Crippen LogP contribution in [0.4, 0.5) is 10.5 Å². The molecule has 2 amide bonds. The number of esters is 1. The molecule has 0 aliphatic heterocycles. The summed E-state index contributed by atoms with van der Waals surface area (Å²) in [6.07, 6.45) is 0. The van der Waals surface area contributed by atoms with Gasteiger partial charge >= 0.3 is 12.0 Å². The molecule has 0 heterocycles. The lowest BCUT2D eigenvalue weighted by molar-refractivity contribution is 0.0601. The summed E-state index contributed by atoms with van der Waals surface area (Å²) in [5, 5.41) is 2.71. The fourth-order valence-corrected chi connectivity index (χ4v) is 1.62. The zero-order chi connectivity index (χ0) is 13.9. The van der Waals surface area contributed by atoms with Crippen LogP contribution in [0.25, 0.3) is 0 Å². The van der Waals surface area contributed by atoms with Crippen molar-refractivity contribution in [3.05, 3.63) is 28.8 Å². The molecule has 0 unspecified atom stereocenters. The van der Waals surface area contributed by atoms with Gasteiger partial charge in [-0.1, -0.05) is 6.07 Å². The lowest BCUT2D eigenvalue weighted by atomic mass is 10.0. The van der Waals surface area contributed by atoms with Gasteiger partial charge in [-0.15, -0.1) is 0 Å². The smallest absolute Gasteiger partial charge is 0.339 e. The molecule has 18 heavy (non-hydrogen) atoms. The van der Waals surface area contributed by atoms with Crippen molar-refractivity contribution in [3.63, 3.8) is 0 Å². The van der Waals surface area contributed by atoms with Crippen LogP contribution in [0.3, 0.4) is 0 Å². The van der Waals surface area contributed by atoms with Crippen molar-refractivity contribution in [2.75, 3.05) is 26.5 Å². The van der Waals surface area contributed by atoms with Gasteiger partial charge in [0.05, 0.1) is 18.4 Å². The summed E-state index contributed by atoms with van der Waals surface area (Å²) in [5.74, 6) is -0.462. The maximum absolute atomic E-state index is 11.7. The quantitative estimate of drug-likeness (QED) is 0.818. The van der Waals surface area contributed by atoms with E-state index in [9.17, 15) is 9.59 Å². The molecule has 0 spiro atoms. The second kappa shape index (κ2) is 5.53. The second-order valence-electron chi connectivity index (χ2n) is 4.32. The molecule has 0 saturated heterocycles. The van der Waals surface area contributed by atoms with Crippen LogP contribution in [0.2, 0.25) is 0 Å². The van der Waals surface area contributed by atoms with Gasteiger partial charge in [-0.3, -0.25) is 0 Å². The van der Waals surface area contributed by atoms with Gasteiger partial charge in [0.15, 0.2) is 0 Å². The minimum absolute atomic E-state index is 0.285. The Balaban J connectivity index is 3.24. The first-order valence-corrected chi connectivity index (χ1v) is 5.54. The largest absolute Gasteiger partial charge is 0.465 e. The number of nitrogens with zero attached hydrogens (tertiary/aromatic N) is 1. The lowest BCUT2D eigenvalue weighted by Gasteiger charge is -2.17. The minimum Gasteiger partial charge on any atom is -0.465 e. The first-order chi connectivity index (χ1) is 8.36. The Kier molecular flexibility index (Phi) is 4.31. The van der Waals surface area contributed by atoms with E-state index in [0.29, 0.717) is 11.3 Å². The molecule has 1 rings (SSSR count). The maximum atomic E-state index is 11.7. The summed E-state index contributed by atoms with van der Waals surface area (Å²) >= 11 is 0. The Morgan fingerprint density at radius 2 is 1.83 bits per heavy atom. The van der Waals surface area contributed by atoms with Gasteiger partial charge in [-0.25, -0.2) is 9.59 Å². The number of rotatable bonds is 2. The van der Waals surface area contributed by atoms with Crippen LogP contribution < -0.4 is 5.32 Å². The van der Waals surface area contributed by atoms with E-state index in [-0.39, 0.29) is 6.03 Å². The minimum atomic E-state index is -0.462. The first kappa shape index (κ1) is 14.0. The highest BCUT2D eigenvalue weighted by Crippen LogP contribution is 2.23. The molecule has 0 fully saturated rings. The second-order valence-corrected chi connectivity index (χ2v) is 4.32.